The molecule has 1 aromatic carbocycles. The number of ether oxygens (including phenoxy) is 2. The maximum Gasteiger partial charge on any atom is 0.459 e. The van der Waals surface area contributed by atoms with Crippen molar-refractivity contribution >= 4 is 29.6 Å². The molecule has 4 unspecified atom stereocenters. The molecule has 174 valence electrons. The summed E-state index contributed by atoms with van der Waals surface area (Å²) in [5.74, 6) is -0.453. The van der Waals surface area contributed by atoms with Crippen LogP contribution in [0, 0.1) is 5.92 Å². The summed E-state index contributed by atoms with van der Waals surface area (Å²) in [6, 6.07) is 7.82. The van der Waals surface area contributed by atoms with E-state index in [4.69, 9.17) is 13.8 Å². The van der Waals surface area contributed by atoms with Crippen LogP contribution in [-0.4, -0.2) is 41.9 Å². The first-order valence-electron chi connectivity index (χ1n) is 9.68. The van der Waals surface area contributed by atoms with Gasteiger partial charge in [0.25, 0.3) is 5.56 Å². The molecule has 1 aromatic heterocycles. The molecule has 0 amide bonds. The zero-order chi connectivity index (χ0) is 23.3. The maximum absolute atomic E-state index is 13.2. The summed E-state index contributed by atoms with van der Waals surface area (Å²) >= 11 is 3.31. The van der Waals surface area contributed by atoms with Crippen molar-refractivity contribution in [3.05, 3.63) is 61.8 Å². The first-order chi connectivity index (χ1) is 15.2. The van der Waals surface area contributed by atoms with Gasteiger partial charge in [-0.3, -0.25) is 23.7 Å². The van der Waals surface area contributed by atoms with E-state index >= 15 is 0 Å². The van der Waals surface area contributed by atoms with E-state index < -0.39 is 37.3 Å². The van der Waals surface area contributed by atoms with E-state index in [1.807, 2.05) is 6.92 Å². The molecule has 0 aliphatic carbocycles. The molecule has 2 N–H and O–H groups in total. The van der Waals surface area contributed by atoms with Crippen molar-refractivity contribution in [2.24, 2.45) is 5.92 Å². The number of benzene rings is 1. The van der Waals surface area contributed by atoms with E-state index in [1.54, 1.807) is 24.3 Å². The molecule has 4 atom stereocenters. The average Bonchev–Trinajstić information content (AvgIpc) is 3.13. The molecular weight excluding hydrogens is 509 g/mol. The number of carbonyl (C=O) groups is 1. The van der Waals surface area contributed by atoms with Crippen LogP contribution in [0.3, 0.4) is 0 Å². The molecule has 1 aliphatic rings. The molecule has 1 fully saturated rings. The van der Waals surface area contributed by atoms with Gasteiger partial charge in [-0.25, -0.2) is 14.4 Å². The number of aromatic amines is 1. The van der Waals surface area contributed by atoms with Crippen LogP contribution < -0.4 is 20.9 Å². The van der Waals surface area contributed by atoms with Crippen LogP contribution >= 0.6 is 23.7 Å². The lowest BCUT2D eigenvalue weighted by atomic mass is 10.1. The zero-order valence-corrected chi connectivity index (χ0v) is 19.8. The van der Waals surface area contributed by atoms with Crippen molar-refractivity contribution < 1.29 is 27.9 Å². The summed E-state index contributed by atoms with van der Waals surface area (Å²) < 4.78 is 36.9. The molecule has 3 rings (SSSR count). The molecule has 0 spiro atoms. The van der Waals surface area contributed by atoms with Crippen LogP contribution in [0.2, 0.25) is 0 Å². The molecule has 0 saturated carbocycles. The van der Waals surface area contributed by atoms with Gasteiger partial charge in [0.05, 0.1) is 19.8 Å². The monoisotopic (exact) mass is 531 g/mol. The summed E-state index contributed by atoms with van der Waals surface area (Å²) in [5, 5.41) is 2.48. The Morgan fingerprint density at radius 2 is 2.03 bits per heavy atom. The molecular formula is C19H23BrN3O8P. The number of nitrogens with one attached hydrogen (secondary N) is 2. The minimum absolute atomic E-state index is 0.0815. The van der Waals surface area contributed by atoms with Crippen LogP contribution in [0.25, 0.3) is 0 Å². The van der Waals surface area contributed by atoms with Gasteiger partial charge in [0, 0.05) is 22.7 Å². The average molecular weight is 532 g/mol. The topological polar surface area (TPSA) is 138 Å². The fraction of sp³-hybridized carbons (Fsp3) is 0.421. The van der Waals surface area contributed by atoms with Crippen molar-refractivity contribution in [3.63, 3.8) is 0 Å². The fourth-order valence-corrected chi connectivity index (χ4v) is 4.70. The highest BCUT2D eigenvalue weighted by Gasteiger charge is 2.37. The smallest absolute Gasteiger partial charge is 0.459 e. The largest absolute Gasteiger partial charge is 0.468 e. The fourth-order valence-electron chi connectivity index (χ4n) is 3.15. The standard InChI is InChI=1S/C19H23BrN3O8P/c1-12-9-15(30-18(12)23-8-7-16(24)22-19(23)26)11-29-32(27,21-10-17(25)28-2)31-14-5-3-13(20)4-6-14/h3-8,12,15,18H,9-11H2,1-2H3,(H,21,27)(H,22,24,26). The van der Waals surface area contributed by atoms with Gasteiger partial charge in [0.2, 0.25) is 0 Å². The molecule has 1 saturated heterocycles. The normalized spacial score (nSPS) is 22.3. The Hall–Kier alpha value is -2.24. The van der Waals surface area contributed by atoms with Crippen molar-refractivity contribution in [1.82, 2.24) is 14.6 Å². The zero-order valence-electron chi connectivity index (χ0n) is 17.4. The van der Waals surface area contributed by atoms with Gasteiger partial charge in [-0.1, -0.05) is 22.9 Å². The van der Waals surface area contributed by atoms with E-state index in [9.17, 15) is 18.9 Å². The number of hydrogen-bond acceptors (Lipinski definition) is 8. The second-order valence-corrected chi connectivity index (χ2v) is 9.80. The molecule has 2 heterocycles. The number of methoxy groups -OCH3 is 1. The Morgan fingerprint density at radius 1 is 1.31 bits per heavy atom. The summed E-state index contributed by atoms with van der Waals surface area (Å²) in [5.41, 5.74) is -1.08. The first-order valence-corrected chi connectivity index (χ1v) is 12.0. The van der Waals surface area contributed by atoms with Crippen LogP contribution in [0.1, 0.15) is 19.6 Å². The number of H-pyrrole nitrogens is 1. The third kappa shape index (κ3) is 6.39. The SMILES string of the molecule is COC(=O)CNP(=O)(OCC1CC(C)C(n2ccc(=O)[nH]c2=O)O1)Oc1ccc(Br)cc1. The third-order valence-electron chi connectivity index (χ3n) is 4.69. The lowest BCUT2D eigenvalue weighted by molar-refractivity contribution is -0.139. The van der Waals surface area contributed by atoms with Gasteiger partial charge in [0.1, 0.15) is 18.5 Å². The molecule has 13 heteroatoms. The van der Waals surface area contributed by atoms with Crippen LogP contribution in [0.15, 0.2) is 50.6 Å². The summed E-state index contributed by atoms with van der Waals surface area (Å²) in [7, 11) is -2.76. The van der Waals surface area contributed by atoms with Crippen LogP contribution in [0.4, 0.5) is 0 Å². The number of esters is 1. The van der Waals surface area contributed by atoms with Gasteiger partial charge in [-0.2, -0.15) is 0 Å². The van der Waals surface area contributed by atoms with Crippen molar-refractivity contribution in [2.75, 3.05) is 20.3 Å². The summed E-state index contributed by atoms with van der Waals surface area (Å²) in [6.07, 6.45) is 0.745. The van der Waals surface area contributed by atoms with Gasteiger partial charge >= 0.3 is 19.4 Å². The number of rotatable bonds is 9. The number of carbonyl (C=O) groups excluding carboxylic acids is 1. The predicted molar refractivity (Wildman–Crippen MR) is 117 cm³/mol. The van der Waals surface area contributed by atoms with Crippen molar-refractivity contribution in [3.8, 4) is 5.75 Å². The maximum atomic E-state index is 13.2. The number of aromatic nitrogens is 2. The minimum atomic E-state index is -3.97. The Morgan fingerprint density at radius 3 is 2.69 bits per heavy atom. The Kier molecular flexibility index (Phi) is 8.07. The lowest BCUT2D eigenvalue weighted by Gasteiger charge is -2.22. The molecule has 0 bridgehead atoms. The molecule has 32 heavy (non-hydrogen) atoms. The molecule has 0 radical (unpaired) electrons. The highest BCUT2D eigenvalue weighted by molar-refractivity contribution is 9.10. The van der Waals surface area contributed by atoms with Crippen LogP contribution in [0.5, 0.6) is 5.75 Å². The van der Waals surface area contributed by atoms with Gasteiger partial charge in [-0.15, -0.1) is 0 Å². The predicted octanol–water partition coefficient (Wildman–Crippen LogP) is 2.19. The van der Waals surface area contributed by atoms with Gasteiger partial charge < -0.3 is 14.0 Å². The van der Waals surface area contributed by atoms with Crippen LogP contribution in [-0.2, 0) is 23.4 Å². The molecule has 2 aromatic rings. The van der Waals surface area contributed by atoms with Gasteiger partial charge in [-0.05, 0) is 30.7 Å². The van der Waals surface area contributed by atoms with Crippen molar-refractivity contribution in [2.45, 2.75) is 25.7 Å². The first kappa shape index (κ1) is 24.4. The Labute approximate surface area is 191 Å². The summed E-state index contributed by atoms with van der Waals surface area (Å²) in [6.45, 7) is 1.37. The van der Waals surface area contributed by atoms with E-state index in [-0.39, 0.29) is 24.8 Å². The summed E-state index contributed by atoms with van der Waals surface area (Å²) in [4.78, 5) is 37.1. The van der Waals surface area contributed by atoms with E-state index in [1.165, 1.54) is 23.9 Å². The van der Waals surface area contributed by atoms with E-state index in [0.717, 1.165) is 4.47 Å². The molecule has 1 aliphatic heterocycles. The Balaban J connectivity index is 1.68. The minimum Gasteiger partial charge on any atom is -0.468 e. The second-order valence-electron chi connectivity index (χ2n) is 7.13. The highest BCUT2D eigenvalue weighted by Crippen LogP contribution is 2.45. The lowest BCUT2D eigenvalue weighted by Crippen LogP contribution is -2.33. The number of hydrogen-bond donors (Lipinski definition) is 2. The third-order valence-corrected chi connectivity index (χ3v) is 6.71. The van der Waals surface area contributed by atoms with E-state index in [2.05, 4.69) is 30.7 Å². The molecule has 11 nitrogen and oxygen atoms in total. The number of halogens is 1. The van der Waals surface area contributed by atoms with Gasteiger partial charge in [0.15, 0.2) is 0 Å². The highest BCUT2D eigenvalue weighted by atomic mass is 79.9. The van der Waals surface area contributed by atoms with Crippen molar-refractivity contribution in [1.29, 1.82) is 0 Å². The second kappa shape index (κ2) is 10.6. The Bertz CT molecular complexity index is 1100. The van der Waals surface area contributed by atoms with E-state index in [0.29, 0.717) is 6.42 Å². The quantitative estimate of drug-likeness (QED) is 0.368. The number of nitrogens with zero attached hydrogens (tertiary/aromatic N) is 1.